The van der Waals surface area contributed by atoms with Gasteiger partial charge in [0, 0.05) is 4.47 Å². The van der Waals surface area contributed by atoms with Crippen molar-refractivity contribution in [3.05, 3.63) is 28.2 Å². The minimum atomic E-state index is -3.94. The number of hydrogen-bond donors (Lipinski definition) is 2. The third-order valence-corrected chi connectivity index (χ3v) is 4.56. The maximum atomic E-state index is 11.9. The molecule has 9 heteroatoms. The number of carbonyl (C=O) groups is 2. The second-order valence-electron chi connectivity index (χ2n) is 3.58. The third-order valence-electron chi connectivity index (χ3n) is 2.18. The maximum Gasteiger partial charge on any atom is 0.335 e. The van der Waals surface area contributed by atoms with Gasteiger partial charge in [-0.3, -0.25) is 4.79 Å². The molecule has 1 aromatic rings. The lowest BCUT2D eigenvalue weighted by atomic mass is 10.2. The molecule has 0 amide bonds. The van der Waals surface area contributed by atoms with Gasteiger partial charge in [0.1, 0.15) is 6.54 Å². The standard InChI is InChI=1S/C11H12BrNO6S/c1-2-19-10(14)6-13-20(17,18)9-4-3-7(11(15)16)5-8(9)12/h3-5,13H,2,6H2,1H3,(H,15,16). The van der Waals surface area contributed by atoms with Crippen LogP contribution in [-0.2, 0) is 19.6 Å². The fourth-order valence-corrected chi connectivity index (χ4v) is 3.34. The molecule has 0 spiro atoms. The van der Waals surface area contributed by atoms with Crippen molar-refractivity contribution in [2.24, 2.45) is 0 Å². The van der Waals surface area contributed by atoms with Gasteiger partial charge in [-0.2, -0.15) is 4.72 Å². The molecule has 1 rings (SSSR count). The van der Waals surface area contributed by atoms with Gasteiger partial charge in [-0.15, -0.1) is 0 Å². The number of aromatic carboxylic acids is 1. The Kier molecular flexibility index (Phi) is 5.66. The minimum Gasteiger partial charge on any atom is -0.478 e. The molecule has 110 valence electrons. The zero-order valence-electron chi connectivity index (χ0n) is 10.4. The highest BCUT2D eigenvalue weighted by atomic mass is 79.9. The number of nitrogens with one attached hydrogen (secondary N) is 1. The smallest absolute Gasteiger partial charge is 0.335 e. The van der Waals surface area contributed by atoms with Crippen LogP contribution in [0.2, 0.25) is 0 Å². The van der Waals surface area contributed by atoms with Crippen molar-refractivity contribution in [1.29, 1.82) is 0 Å². The molecular weight excluding hydrogens is 354 g/mol. The molecule has 0 aromatic heterocycles. The topological polar surface area (TPSA) is 110 Å². The highest BCUT2D eigenvalue weighted by molar-refractivity contribution is 9.10. The van der Waals surface area contributed by atoms with Crippen LogP contribution in [0.1, 0.15) is 17.3 Å². The van der Waals surface area contributed by atoms with E-state index in [0.717, 1.165) is 12.1 Å². The molecule has 0 radical (unpaired) electrons. The molecule has 0 aliphatic heterocycles. The summed E-state index contributed by atoms with van der Waals surface area (Å²) in [4.78, 5) is 21.7. The summed E-state index contributed by atoms with van der Waals surface area (Å²) < 4.78 is 30.7. The number of ether oxygens (including phenoxy) is 1. The lowest BCUT2D eigenvalue weighted by Crippen LogP contribution is -2.31. The van der Waals surface area contributed by atoms with Gasteiger partial charge >= 0.3 is 11.9 Å². The minimum absolute atomic E-state index is 0.0544. The van der Waals surface area contributed by atoms with Crippen LogP contribution < -0.4 is 4.72 Å². The van der Waals surface area contributed by atoms with E-state index >= 15 is 0 Å². The fourth-order valence-electron chi connectivity index (χ4n) is 1.30. The van der Waals surface area contributed by atoms with Crippen molar-refractivity contribution in [1.82, 2.24) is 4.72 Å². The van der Waals surface area contributed by atoms with E-state index in [1.807, 2.05) is 0 Å². The molecule has 0 saturated heterocycles. The Morgan fingerprint density at radius 1 is 1.40 bits per heavy atom. The van der Waals surface area contributed by atoms with E-state index in [9.17, 15) is 18.0 Å². The number of carboxylic acids is 1. The third kappa shape index (κ3) is 4.29. The monoisotopic (exact) mass is 365 g/mol. The number of sulfonamides is 1. The molecule has 0 atom stereocenters. The van der Waals surface area contributed by atoms with Crippen molar-refractivity contribution in [2.75, 3.05) is 13.2 Å². The summed E-state index contributed by atoms with van der Waals surface area (Å²) in [6, 6.07) is 3.47. The zero-order chi connectivity index (χ0) is 15.3. The number of carbonyl (C=O) groups excluding carboxylic acids is 1. The molecule has 0 saturated carbocycles. The van der Waals surface area contributed by atoms with Crippen LogP contribution in [0.25, 0.3) is 0 Å². The summed E-state index contributed by atoms with van der Waals surface area (Å²) in [6.07, 6.45) is 0. The van der Waals surface area contributed by atoms with Crippen LogP contribution in [0.4, 0.5) is 0 Å². The second kappa shape index (κ2) is 6.82. The van der Waals surface area contributed by atoms with Gasteiger partial charge in [0.15, 0.2) is 0 Å². The quantitative estimate of drug-likeness (QED) is 0.727. The molecule has 0 fully saturated rings. The lowest BCUT2D eigenvalue weighted by molar-refractivity contribution is -0.141. The predicted molar refractivity (Wildman–Crippen MR) is 72.9 cm³/mol. The van der Waals surface area contributed by atoms with E-state index in [1.54, 1.807) is 6.92 Å². The molecule has 0 bridgehead atoms. The Balaban J connectivity index is 2.93. The van der Waals surface area contributed by atoms with Gasteiger partial charge in [0.2, 0.25) is 10.0 Å². The Morgan fingerprint density at radius 3 is 2.55 bits per heavy atom. The summed E-state index contributed by atoms with van der Waals surface area (Å²) in [6.45, 7) is 1.26. The molecule has 2 N–H and O–H groups in total. The van der Waals surface area contributed by atoms with Gasteiger partial charge in [-0.05, 0) is 41.1 Å². The fraction of sp³-hybridized carbons (Fsp3) is 0.273. The first kappa shape index (κ1) is 16.6. The molecule has 7 nitrogen and oxygen atoms in total. The number of carboxylic acid groups (broad SMARTS) is 1. The van der Waals surface area contributed by atoms with Crippen molar-refractivity contribution < 1.29 is 27.9 Å². The number of benzene rings is 1. The highest BCUT2D eigenvalue weighted by Gasteiger charge is 2.20. The zero-order valence-corrected chi connectivity index (χ0v) is 12.8. The molecule has 1 aromatic carbocycles. The molecule has 0 heterocycles. The Bertz CT molecular complexity index is 628. The number of hydrogen-bond acceptors (Lipinski definition) is 5. The Hall–Kier alpha value is -1.45. The SMILES string of the molecule is CCOC(=O)CNS(=O)(=O)c1ccc(C(=O)O)cc1Br. The first-order valence-corrected chi connectivity index (χ1v) is 7.73. The van der Waals surface area contributed by atoms with Crippen molar-refractivity contribution >= 4 is 37.9 Å². The molecule has 0 unspecified atom stereocenters. The molecule has 0 aliphatic carbocycles. The summed E-state index contributed by atoms with van der Waals surface area (Å²) in [5.41, 5.74) is -0.0544. The number of halogens is 1. The first-order valence-electron chi connectivity index (χ1n) is 5.46. The average Bonchev–Trinajstić information content (AvgIpc) is 2.36. The Labute approximate surface area is 124 Å². The van der Waals surface area contributed by atoms with Gasteiger partial charge in [-0.1, -0.05) is 0 Å². The van der Waals surface area contributed by atoms with Crippen LogP contribution in [-0.4, -0.2) is 38.6 Å². The molecule has 20 heavy (non-hydrogen) atoms. The van der Waals surface area contributed by atoms with E-state index in [4.69, 9.17) is 5.11 Å². The van der Waals surface area contributed by atoms with Crippen LogP contribution in [0.5, 0.6) is 0 Å². The number of rotatable bonds is 6. The van der Waals surface area contributed by atoms with Gasteiger partial charge in [0.05, 0.1) is 17.1 Å². The summed E-state index contributed by atoms with van der Waals surface area (Å²) in [7, 11) is -3.94. The molecular formula is C11H12BrNO6S. The van der Waals surface area contributed by atoms with Crippen molar-refractivity contribution in [2.45, 2.75) is 11.8 Å². The van der Waals surface area contributed by atoms with Gasteiger partial charge < -0.3 is 9.84 Å². The van der Waals surface area contributed by atoms with E-state index in [0.29, 0.717) is 0 Å². The van der Waals surface area contributed by atoms with Crippen LogP contribution in [0.15, 0.2) is 27.6 Å². The first-order chi connectivity index (χ1) is 9.27. The normalized spacial score (nSPS) is 11.1. The van der Waals surface area contributed by atoms with E-state index in [1.165, 1.54) is 6.07 Å². The van der Waals surface area contributed by atoms with E-state index < -0.39 is 28.5 Å². The number of esters is 1. The maximum absolute atomic E-state index is 11.9. The van der Waals surface area contributed by atoms with Crippen molar-refractivity contribution in [3.63, 3.8) is 0 Å². The second-order valence-corrected chi connectivity index (χ2v) is 6.17. The van der Waals surface area contributed by atoms with Crippen LogP contribution >= 0.6 is 15.9 Å². The predicted octanol–water partition coefficient (Wildman–Crippen LogP) is 0.989. The van der Waals surface area contributed by atoms with Gasteiger partial charge in [0.25, 0.3) is 0 Å². The van der Waals surface area contributed by atoms with Crippen LogP contribution in [0, 0.1) is 0 Å². The van der Waals surface area contributed by atoms with Crippen molar-refractivity contribution in [3.8, 4) is 0 Å². The summed E-state index contributed by atoms with van der Waals surface area (Å²) in [5.74, 6) is -1.87. The average molecular weight is 366 g/mol. The highest BCUT2D eigenvalue weighted by Crippen LogP contribution is 2.23. The summed E-state index contributed by atoms with van der Waals surface area (Å²) >= 11 is 2.99. The largest absolute Gasteiger partial charge is 0.478 e. The molecule has 0 aliphatic rings. The van der Waals surface area contributed by atoms with E-state index in [-0.39, 0.29) is 21.5 Å². The van der Waals surface area contributed by atoms with Crippen LogP contribution in [0.3, 0.4) is 0 Å². The van der Waals surface area contributed by atoms with E-state index in [2.05, 4.69) is 25.4 Å². The summed E-state index contributed by atoms with van der Waals surface area (Å²) in [5, 5.41) is 8.79. The lowest BCUT2D eigenvalue weighted by Gasteiger charge is -2.08. The van der Waals surface area contributed by atoms with Gasteiger partial charge in [-0.25, -0.2) is 13.2 Å². The Morgan fingerprint density at radius 2 is 2.05 bits per heavy atom.